The van der Waals surface area contributed by atoms with Crippen molar-refractivity contribution in [3.63, 3.8) is 0 Å². The highest BCUT2D eigenvalue weighted by molar-refractivity contribution is 7.89. The van der Waals surface area contributed by atoms with Gasteiger partial charge in [0.25, 0.3) is 0 Å². The summed E-state index contributed by atoms with van der Waals surface area (Å²) in [6.45, 7) is 4.10. The lowest BCUT2D eigenvalue weighted by molar-refractivity contribution is 0.462. The summed E-state index contributed by atoms with van der Waals surface area (Å²) in [5.41, 5.74) is 0.634. The Balaban J connectivity index is 2.94. The molecule has 3 nitrogen and oxygen atoms in total. The Morgan fingerprint density at radius 1 is 1.39 bits per heavy atom. The van der Waals surface area contributed by atoms with Gasteiger partial charge < -0.3 is 0 Å². The van der Waals surface area contributed by atoms with Crippen LogP contribution in [0.2, 0.25) is 0 Å². The molecule has 0 aliphatic heterocycles. The van der Waals surface area contributed by atoms with Gasteiger partial charge in [-0.1, -0.05) is 24.3 Å². The number of hydrogen-bond donors (Lipinski definition) is 0. The van der Waals surface area contributed by atoms with E-state index in [2.05, 4.69) is 6.58 Å². The quantitative estimate of drug-likeness (QED) is 0.439. The van der Waals surface area contributed by atoms with Crippen LogP contribution < -0.4 is 0 Å². The molecule has 0 atom stereocenters. The fourth-order valence-electron chi connectivity index (χ4n) is 1.61. The molecule has 0 aliphatic rings. The van der Waals surface area contributed by atoms with E-state index in [4.69, 9.17) is 11.6 Å². The molecule has 0 fully saturated rings. The summed E-state index contributed by atoms with van der Waals surface area (Å²) in [6, 6.07) is 6.82. The zero-order valence-electron chi connectivity index (χ0n) is 10.5. The van der Waals surface area contributed by atoms with Gasteiger partial charge in [-0.05, 0) is 24.5 Å². The first kappa shape index (κ1) is 15.2. The van der Waals surface area contributed by atoms with Crippen LogP contribution in [0.4, 0.5) is 0 Å². The molecule has 0 amide bonds. The van der Waals surface area contributed by atoms with Gasteiger partial charge in [-0.3, -0.25) is 0 Å². The third kappa shape index (κ3) is 3.57. The smallest absolute Gasteiger partial charge is 0.207 e. The van der Waals surface area contributed by atoms with Gasteiger partial charge in [0.05, 0.1) is 4.90 Å². The highest BCUT2D eigenvalue weighted by Crippen LogP contribution is 2.21. The molecule has 0 heterocycles. The fourth-order valence-corrected chi connectivity index (χ4v) is 3.35. The normalized spacial score (nSPS) is 11.7. The molecule has 0 spiro atoms. The van der Waals surface area contributed by atoms with Gasteiger partial charge in [0.15, 0.2) is 0 Å². The van der Waals surface area contributed by atoms with Gasteiger partial charge in [0.1, 0.15) is 0 Å². The minimum atomic E-state index is -3.45. The van der Waals surface area contributed by atoms with Gasteiger partial charge >= 0.3 is 0 Å². The highest BCUT2D eigenvalue weighted by Gasteiger charge is 2.22. The van der Waals surface area contributed by atoms with Crippen LogP contribution in [0, 0.1) is 0 Å². The van der Waals surface area contributed by atoms with Crippen molar-refractivity contribution in [2.45, 2.75) is 23.6 Å². The Hall–Kier alpha value is -0.840. The lowest BCUT2D eigenvalue weighted by atomic mass is 10.2. The topological polar surface area (TPSA) is 37.4 Å². The Labute approximate surface area is 114 Å². The lowest BCUT2D eigenvalue weighted by Crippen LogP contribution is -2.28. The monoisotopic (exact) mass is 287 g/mol. The molecule has 0 aromatic heterocycles. The SMILES string of the molecule is C=CCCCN(C)S(=O)(=O)c1ccccc1CCl. The zero-order chi connectivity index (χ0) is 13.6. The predicted octanol–water partition coefficient (Wildman–Crippen LogP) is 3.01. The van der Waals surface area contributed by atoms with Gasteiger partial charge in [0, 0.05) is 19.5 Å². The maximum Gasteiger partial charge on any atom is 0.243 e. The molecule has 0 aliphatic carbocycles. The summed E-state index contributed by atoms with van der Waals surface area (Å²) in [5, 5.41) is 0. The maximum atomic E-state index is 12.3. The van der Waals surface area contributed by atoms with E-state index in [1.165, 1.54) is 4.31 Å². The largest absolute Gasteiger partial charge is 0.243 e. The lowest BCUT2D eigenvalue weighted by Gasteiger charge is -2.18. The summed E-state index contributed by atoms with van der Waals surface area (Å²) < 4.78 is 26.1. The highest BCUT2D eigenvalue weighted by atomic mass is 35.5. The molecule has 0 radical (unpaired) electrons. The van der Waals surface area contributed by atoms with Crippen molar-refractivity contribution in [1.29, 1.82) is 0 Å². The molecule has 100 valence electrons. The number of alkyl halides is 1. The first-order valence-electron chi connectivity index (χ1n) is 5.75. The number of sulfonamides is 1. The minimum absolute atomic E-state index is 0.190. The summed E-state index contributed by atoms with van der Waals surface area (Å²) in [4.78, 5) is 0.293. The van der Waals surface area contributed by atoms with E-state index in [1.807, 2.05) is 0 Å². The van der Waals surface area contributed by atoms with Crippen LogP contribution in [0.15, 0.2) is 41.8 Å². The van der Waals surface area contributed by atoms with E-state index in [1.54, 1.807) is 37.4 Å². The van der Waals surface area contributed by atoms with E-state index < -0.39 is 10.0 Å². The molecule has 0 bridgehead atoms. The second kappa shape index (κ2) is 6.92. The van der Waals surface area contributed by atoms with Crippen LogP contribution in [0.1, 0.15) is 18.4 Å². The van der Waals surface area contributed by atoms with Crippen molar-refractivity contribution in [3.8, 4) is 0 Å². The second-order valence-corrected chi connectivity index (χ2v) is 6.28. The molecular formula is C13H18ClNO2S. The molecule has 1 aromatic carbocycles. The average molecular weight is 288 g/mol. The van der Waals surface area contributed by atoms with E-state index in [9.17, 15) is 8.42 Å². The van der Waals surface area contributed by atoms with E-state index in [-0.39, 0.29) is 5.88 Å². The number of halogens is 1. The van der Waals surface area contributed by atoms with Crippen molar-refractivity contribution < 1.29 is 8.42 Å². The molecule has 0 saturated heterocycles. The van der Waals surface area contributed by atoms with Crippen LogP contribution in [-0.4, -0.2) is 26.3 Å². The van der Waals surface area contributed by atoms with Crippen molar-refractivity contribution in [2.75, 3.05) is 13.6 Å². The molecule has 0 saturated carbocycles. The van der Waals surface area contributed by atoms with Gasteiger partial charge in [-0.2, -0.15) is 0 Å². The molecular weight excluding hydrogens is 270 g/mol. The van der Waals surface area contributed by atoms with E-state index in [0.717, 1.165) is 12.8 Å². The van der Waals surface area contributed by atoms with Crippen molar-refractivity contribution in [3.05, 3.63) is 42.5 Å². The van der Waals surface area contributed by atoms with Crippen LogP contribution >= 0.6 is 11.6 Å². The number of allylic oxidation sites excluding steroid dienone is 1. The van der Waals surface area contributed by atoms with Gasteiger partial charge in [-0.25, -0.2) is 12.7 Å². The van der Waals surface area contributed by atoms with Crippen molar-refractivity contribution >= 4 is 21.6 Å². The van der Waals surface area contributed by atoms with Crippen LogP contribution in [0.5, 0.6) is 0 Å². The fraction of sp³-hybridized carbons (Fsp3) is 0.385. The van der Waals surface area contributed by atoms with Gasteiger partial charge in [0.2, 0.25) is 10.0 Å². The van der Waals surface area contributed by atoms with Crippen molar-refractivity contribution in [1.82, 2.24) is 4.31 Å². The molecule has 1 rings (SSSR count). The number of rotatable bonds is 7. The van der Waals surface area contributed by atoms with E-state index >= 15 is 0 Å². The van der Waals surface area contributed by atoms with E-state index in [0.29, 0.717) is 17.0 Å². The maximum absolute atomic E-state index is 12.3. The summed E-state index contributed by atoms with van der Waals surface area (Å²) in [6.07, 6.45) is 3.35. The van der Waals surface area contributed by atoms with Crippen LogP contribution in [0.25, 0.3) is 0 Å². The molecule has 18 heavy (non-hydrogen) atoms. The second-order valence-electron chi connectivity index (χ2n) is 4.00. The number of hydrogen-bond acceptors (Lipinski definition) is 2. The zero-order valence-corrected chi connectivity index (χ0v) is 12.0. The first-order valence-corrected chi connectivity index (χ1v) is 7.72. The van der Waals surface area contributed by atoms with Crippen LogP contribution in [0.3, 0.4) is 0 Å². The van der Waals surface area contributed by atoms with Crippen molar-refractivity contribution in [2.24, 2.45) is 0 Å². The molecule has 1 aromatic rings. The summed E-state index contributed by atoms with van der Waals surface area (Å²) >= 11 is 5.77. The number of benzene rings is 1. The number of nitrogens with zero attached hydrogens (tertiary/aromatic N) is 1. The molecule has 0 unspecified atom stereocenters. The Kier molecular flexibility index (Phi) is 5.85. The van der Waals surface area contributed by atoms with Crippen LogP contribution in [-0.2, 0) is 15.9 Å². The third-order valence-corrected chi connectivity index (χ3v) is 4.93. The first-order chi connectivity index (χ1) is 8.54. The standard InChI is InChI=1S/C13H18ClNO2S/c1-3-4-7-10-15(2)18(16,17)13-9-6-5-8-12(13)11-14/h3,5-6,8-9H,1,4,7,10-11H2,2H3. The number of unbranched alkanes of at least 4 members (excludes halogenated alkanes) is 1. The predicted molar refractivity (Wildman–Crippen MR) is 75.2 cm³/mol. The average Bonchev–Trinajstić information content (AvgIpc) is 2.38. The third-order valence-electron chi connectivity index (χ3n) is 2.69. The summed E-state index contributed by atoms with van der Waals surface area (Å²) in [7, 11) is -1.86. The van der Waals surface area contributed by atoms with Gasteiger partial charge in [-0.15, -0.1) is 18.2 Å². The minimum Gasteiger partial charge on any atom is -0.207 e. The molecule has 0 N–H and O–H groups in total. The Morgan fingerprint density at radius 2 is 2.06 bits per heavy atom. The summed E-state index contributed by atoms with van der Waals surface area (Å²) in [5.74, 6) is 0.190. The Morgan fingerprint density at radius 3 is 2.67 bits per heavy atom. The molecule has 5 heteroatoms. The Bertz CT molecular complexity index is 499.